The van der Waals surface area contributed by atoms with Crippen LogP contribution in [0.4, 0.5) is 10.8 Å². The number of para-hydroxylation sites is 1. The van der Waals surface area contributed by atoms with Gasteiger partial charge in [0.25, 0.3) is 11.6 Å². The number of rotatable bonds is 6. The molecular formula is C20H19N3O4S2. The van der Waals surface area contributed by atoms with Crippen molar-refractivity contribution in [2.24, 2.45) is 0 Å². The second kappa shape index (κ2) is 8.48. The van der Waals surface area contributed by atoms with E-state index in [1.54, 1.807) is 16.7 Å². The lowest BCUT2D eigenvalue weighted by Crippen LogP contribution is -2.37. The van der Waals surface area contributed by atoms with Gasteiger partial charge in [-0.2, -0.15) is 0 Å². The second-order valence-electron chi connectivity index (χ2n) is 6.66. The Hall–Kier alpha value is -2.49. The van der Waals surface area contributed by atoms with E-state index in [-0.39, 0.29) is 17.7 Å². The molecule has 2 aromatic carbocycles. The van der Waals surface area contributed by atoms with Crippen LogP contribution in [-0.2, 0) is 4.74 Å². The zero-order valence-corrected chi connectivity index (χ0v) is 17.4. The highest BCUT2D eigenvalue weighted by Crippen LogP contribution is 2.35. The van der Waals surface area contributed by atoms with E-state index in [0.29, 0.717) is 23.8 Å². The highest BCUT2D eigenvalue weighted by molar-refractivity contribution is 7.98. The van der Waals surface area contributed by atoms with E-state index in [1.165, 1.54) is 35.6 Å². The summed E-state index contributed by atoms with van der Waals surface area (Å²) in [5.41, 5.74) is 1.23. The molecule has 1 aliphatic heterocycles. The van der Waals surface area contributed by atoms with E-state index in [9.17, 15) is 14.9 Å². The average Bonchev–Trinajstić information content (AvgIpc) is 3.40. The van der Waals surface area contributed by atoms with Gasteiger partial charge in [0.15, 0.2) is 5.13 Å². The van der Waals surface area contributed by atoms with Crippen LogP contribution in [-0.4, -0.2) is 41.3 Å². The SMILES string of the molecule is CSc1cccc2sc(N(CC3CCCO3)C(=O)c3ccc([N+](=O)[O-])cc3)nc12. The Morgan fingerprint density at radius 2 is 2.14 bits per heavy atom. The molecule has 0 aliphatic carbocycles. The van der Waals surface area contributed by atoms with Crippen LogP contribution in [0.5, 0.6) is 0 Å². The summed E-state index contributed by atoms with van der Waals surface area (Å²) in [6.07, 6.45) is 3.83. The maximum Gasteiger partial charge on any atom is 0.269 e. The molecule has 7 nitrogen and oxygen atoms in total. The van der Waals surface area contributed by atoms with E-state index < -0.39 is 4.92 Å². The van der Waals surface area contributed by atoms with Crippen molar-refractivity contribution in [2.75, 3.05) is 24.3 Å². The third-order valence-corrected chi connectivity index (χ3v) is 6.61. The van der Waals surface area contributed by atoms with Crippen LogP contribution < -0.4 is 4.90 Å². The number of ether oxygens (including phenoxy) is 1. The van der Waals surface area contributed by atoms with Crippen molar-refractivity contribution < 1.29 is 14.5 Å². The highest BCUT2D eigenvalue weighted by Gasteiger charge is 2.27. The van der Waals surface area contributed by atoms with Crippen LogP contribution in [0.1, 0.15) is 23.2 Å². The number of benzene rings is 2. The summed E-state index contributed by atoms with van der Waals surface area (Å²) in [6, 6.07) is 11.7. The molecule has 1 aromatic heterocycles. The fraction of sp³-hybridized carbons (Fsp3) is 0.300. The van der Waals surface area contributed by atoms with Crippen LogP contribution in [0.2, 0.25) is 0 Å². The fourth-order valence-corrected chi connectivity index (χ4v) is 4.94. The standard InChI is InChI=1S/C20H19N3O4S2/c1-28-16-5-2-6-17-18(16)21-20(29-17)22(12-15-4-3-11-27-15)19(24)13-7-9-14(10-8-13)23(25)26/h2,5-10,15H,3-4,11-12H2,1H3. The third-order valence-electron chi connectivity index (χ3n) is 4.80. The largest absolute Gasteiger partial charge is 0.376 e. The number of thioether (sulfide) groups is 1. The quantitative estimate of drug-likeness (QED) is 0.319. The third kappa shape index (κ3) is 4.12. The number of carbonyl (C=O) groups is 1. The summed E-state index contributed by atoms with van der Waals surface area (Å²) < 4.78 is 6.76. The van der Waals surface area contributed by atoms with Crippen molar-refractivity contribution in [1.82, 2.24) is 4.98 Å². The Kier molecular flexibility index (Phi) is 5.79. The summed E-state index contributed by atoms with van der Waals surface area (Å²) in [6.45, 7) is 1.10. The Bertz CT molecular complexity index is 1050. The minimum absolute atomic E-state index is 0.0379. The van der Waals surface area contributed by atoms with Crippen molar-refractivity contribution in [2.45, 2.75) is 23.8 Å². The van der Waals surface area contributed by atoms with Gasteiger partial charge in [0.1, 0.15) is 0 Å². The number of anilines is 1. The lowest BCUT2D eigenvalue weighted by molar-refractivity contribution is -0.384. The van der Waals surface area contributed by atoms with Crippen molar-refractivity contribution in [1.29, 1.82) is 0 Å². The van der Waals surface area contributed by atoms with Crippen molar-refractivity contribution >= 4 is 50.0 Å². The normalized spacial score (nSPS) is 16.2. The molecule has 1 unspecified atom stereocenters. The Labute approximate surface area is 175 Å². The highest BCUT2D eigenvalue weighted by atomic mass is 32.2. The van der Waals surface area contributed by atoms with Gasteiger partial charge in [-0.1, -0.05) is 17.4 Å². The van der Waals surface area contributed by atoms with Gasteiger partial charge in [0.05, 0.1) is 27.8 Å². The van der Waals surface area contributed by atoms with Gasteiger partial charge in [-0.25, -0.2) is 4.98 Å². The zero-order valence-electron chi connectivity index (χ0n) is 15.7. The molecule has 150 valence electrons. The number of non-ortho nitro benzene ring substituents is 1. The first-order chi connectivity index (χ1) is 14.1. The molecule has 0 N–H and O–H groups in total. The second-order valence-corrected chi connectivity index (χ2v) is 8.52. The molecular weight excluding hydrogens is 410 g/mol. The van der Waals surface area contributed by atoms with Crippen LogP contribution >= 0.6 is 23.1 Å². The number of thiazole rings is 1. The average molecular weight is 430 g/mol. The van der Waals surface area contributed by atoms with Crippen LogP contribution in [0, 0.1) is 10.1 Å². The zero-order chi connectivity index (χ0) is 20.4. The van der Waals surface area contributed by atoms with E-state index >= 15 is 0 Å². The first kappa shape index (κ1) is 19.8. The van der Waals surface area contributed by atoms with Gasteiger partial charge < -0.3 is 4.74 Å². The Morgan fingerprint density at radius 3 is 2.79 bits per heavy atom. The lowest BCUT2D eigenvalue weighted by atomic mass is 10.1. The molecule has 2 heterocycles. The Morgan fingerprint density at radius 1 is 1.34 bits per heavy atom. The van der Waals surface area contributed by atoms with Gasteiger partial charge in [0.2, 0.25) is 0 Å². The number of hydrogen-bond donors (Lipinski definition) is 0. The molecule has 9 heteroatoms. The maximum absolute atomic E-state index is 13.3. The Balaban J connectivity index is 1.71. The predicted molar refractivity (Wildman–Crippen MR) is 115 cm³/mol. The summed E-state index contributed by atoms with van der Waals surface area (Å²) in [4.78, 5) is 31.2. The van der Waals surface area contributed by atoms with Crippen LogP contribution in [0.25, 0.3) is 10.2 Å². The van der Waals surface area contributed by atoms with E-state index in [2.05, 4.69) is 0 Å². The van der Waals surface area contributed by atoms with Gasteiger partial charge >= 0.3 is 0 Å². The molecule has 1 fully saturated rings. The number of carbonyl (C=O) groups excluding carboxylic acids is 1. The van der Waals surface area contributed by atoms with Gasteiger partial charge in [-0.15, -0.1) is 11.8 Å². The minimum Gasteiger partial charge on any atom is -0.376 e. The predicted octanol–water partition coefficient (Wildman–Crippen LogP) is 4.75. The molecule has 29 heavy (non-hydrogen) atoms. The number of nitro benzene ring substituents is 1. The van der Waals surface area contributed by atoms with Crippen molar-refractivity contribution in [3.63, 3.8) is 0 Å². The maximum atomic E-state index is 13.3. The van der Waals surface area contributed by atoms with E-state index in [0.717, 1.165) is 28.0 Å². The fourth-order valence-electron chi connectivity index (χ4n) is 3.31. The number of fused-ring (bicyclic) bond motifs is 1. The van der Waals surface area contributed by atoms with Crippen molar-refractivity contribution in [3.8, 4) is 0 Å². The van der Waals surface area contributed by atoms with Gasteiger partial charge in [0, 0.05) is 29.2 Å². The summed E-state index contributed by atoms with van der Waals surface area (Å²) in [5.74, 6) is -0.236. The molecule has 0 spiro atoms. The van der Waals surface area contributed by atoms with Gasteiger partial charge in [-0.3, -0.25) is 19.8 Å². The van der Waals surface area contributed by atoms with Crippen LogP contribution in [0.15, 0.2) is 47.4 Å². The summed E-state index contributed by atoms with van der Waals surface area (Å²) in [5, 5.41) is 11.5. The molecule has 1 saturated heterocycles. The van der Waals surface area contributed by atoms with Crippen molar-refractivity contribution in [3.05, 3.63) is 58.1 Å². The molecule has 1 atom stereocenters. The first-order valence-electron chi connectivity index (χ1n) is 9.18. The number of amides is 1. The number of nitrogens with zero attached hydrogens (tertiary/aromatic N) is 3. The smallest absolute Gasteiger partial charge is 0.269 e. The van der Waals surface area contributed by atoms with Crippen LogP contribution in [0.3, 0.4) is 0 Å². The molecule has 1 aliphatic rings. The first-order valence-corrected chi connectivity index (χ1v) is 11.2. The molecule has 0 bridgehead atoms. The minimum atomic E-state index is -0.476. The molecule has 1 amide bonds. The number of nitro groups is 1. The monoisotopic (exact) mass is 429 g/mol. The number of hydrogen-bond acceptors (Lipinski definition) is 7. The summed E-state index contributed by atoms with van der Waals surface area (Å²) in [7, 11) is 0. The molecule has 0 saturated carbocycles. The lowest BCUT2D eigenvalue weighted by Gasteiger charge is -2.23. The molecule has 0 radical (unpaired) electrons. The summed E-state index contributed by atoms with van der Waals surface area (Å²) >= 11 is 3.08. The van der Waals surface area contributed by atoms with E-state index in [1.807, 2.05) is 24.5 Å². The van der Waals surface area contributed by atoms with E-state index in [4.69, 9.17) is 9.72 Å². The molecule has 3 aromatic rings. The molecule has 4 rings (SSSR count). The number of aromatic nitrogens is 1. The van der Waals surface area contributed by atoms with Gasteiger partial charge in [-0.05, 0) is 43.4 Å². The topological polar surface area (TPSA) is 85.6 Å².